The monoisotopic (exact) mass is 447 g/mol. The predicted molar refractivity (Wildman–Crippen MR) is 108 cm³/mol. The quantitative estimate of drug-likeness (QED) is 0.619. The van der Waals surface area contributed by atoms with Gasteiger partial charge >= 0.3 is 6.18 Å². The molecule has 1 aliphatic heterocycles. The SMILES string of the molecule is O=C(Nc1ccnc(C(F)(F)F)c1)c1cc(OCC2CCOCC2)cc(-n2ccnc2)n1. The maximum atomic E-state index is 12.9. The van der Waals surface area contributed by atoms with Crippen molar-refractivity contribution in [3.05, 3.63) is 60.6 Å². The molecule has 3 aromatic heterocycles. The van der Waals surface area contributed by atoms with E-state index in [0.717, 1.165) is 25.1 Å². The van der Waals surface area contributed by atoms with Crippen LogP contribution in [0.25, 0.3) is 5.82 Å². The van der Waals surface area contributed by atoms with Gasteiger partial charge in [0.2, 0.25) is 0 Å². The van der Waals surface area contributed by atoms with E-state index in [1.54, 1.807) is 23.0 Å². The minimum atomic E-state index is -4.62. The van der Waals surface area contributed by atoms with Gasteiger partial charge in [0, 0.05) is 49.6 Å². The number of nitrogens with one attached hydrogen (secondary N) is 1. The van der Waals surface area contributed by atoms with Crippen LogP contribution in [0, 0.1) is 5.92 Å². The number of hydrogen-bond acceptors (Lipinski definition) is 6. The van der Waals surface area contributed by atoms with E-state index in [9.17, 15) is 18.0 Å². The minimum absolute atomic E-state index is 0.0106. The van der Waals surface area contributed by atoms with Gasteiger partial charge in [-0.05, 0) is 30.9 Å². The molecule has 1 aliphatic rings. The molecule has 3 aromatic rings. The number of anilines is 1. The van der Waals surface area contributed by atoms with E-state index >= 15 is 0 Å². The summed E-state index contributed by atoms with van der Waals surface area (Å²) < 4.78 is 51.6. The average Bonchev–Trinajstić information content (AvgIpc) is 3.33. The Morgan fingerprint density at radius 2 is 2.03 bits per heavy atom. The molecule has 4 heterocycles. The largest absolute Gasteiger partial charge is 0.493 e. The van der Waals surface area contributed by atoms with Crippen LogP contribution in [0.1, 0.15) is 29.0 Å². The fraction of sp³-hybridized carbons (Fsp3) is 0.333. The standard InChI is InChI=1S/C21H20F3N5O3/c22-21(23,24)18-9-15(1-4-26-18)27-20(30)17-10-16(32-12-14-2-7-31-8-3-14)11-19(28-17)29-6-5-25-13-29/h1,4-6,9-11,13-14H,2-3,7-8,12H2,(H,26,27,30). The van der Waals surface area contributed by atoms with Crippen molar-refractivity contribution in [1.29, 1.82) is 0 Å². The molecular weight excluding hydrogens is 427 g/mol. The Balaban J connectivity index is 1.56. The van der Waals surface area contributed by atoms with E-state index in [2.05, 4.69) is 20.3 Å². The van der Waals surface area contributed by atoms with Crippen molar-refractivity contribution in [1.82, 2.24) is 19.5 Å². The summed E-state index contributed by atoms with van der Waals surface area (Å²) >= 11 is 0. The summed E-state index contributed by atoms with van der Waals surface area (Å²) in [6, 6.07) is 5.17. The Bertz CT molecular complexity index is 1070. The summed E-state index contributed by atoms with van der Waals surface area (Å²) in [6.45, 7) is 1.82. The molecule has 11 heteroatoms. The van der Waals surface area contributed by atoms with Crippen LogP contribution >= 0.6 is 0 Å². The average molecular weight is 447 g/mol. The number of pyridine rings is 2. The molecule has 0 bridgehead atoms. The van der Waals surface area contributed by atoms with Crippen molar-refractivity contribution in [2.24, 2.45) is 5.92 Å². The maximum Gasteiger partial charge on any atom is 0.433 e. The van der Waals surface area contributed by atoms with Crippen molar-refractivity contribution in [3.63, 3.8) is 0 Å². The lowest BCUT2D eigenvalue weighted by atomic mass is 10.0. The van der Waals surface area contributed by atoms with E-state index in [0.29, 0.717) is 37.3 Å². The zero-order valence-electron chi connectivity index (χ0n) is 16.9. The van der Waals surface area contributed by atoms with Crippen LogP contribution in [0.4, 0.5) is 18.9 Å². The molecule has 0 spiro atoms. The number of amides is 1. The fourth-order valence-electron chi connectivity index (χ4n) is 3.20. The lowest BCUT2D eigenvalue weighted by molar-refractivity contribution is -0.141. The smallest absolute Gasteiger partial charge is 0.433 e. The number of ether oxygens (including phenoxy) is 2. The first-order valence-electron chi connectivity index (χ1n) is 9.94. The van der Waals surface area contributed by atoms with Gasteiger partial charge < -0.3 is 14.8 Å². The van der Waals surface area contributed by atoms with E-state index in [1.807, 2.05) is 0 Å². The molecule has 8 nitrogen and oxygen atoms in total. The van der Waals surface area contributed by atoms with Crippen molar-refractivity contribution in [2.75, 3.05) is 25.1 Å². The first-order valence-corrected chi connectivity index (χ1v) is 9.94. The predicted octanol–water partition coefficient (Wildman–Crippen LogP) is 3.74. The van der Waals surface area contributed by atoms with Gasteiger partial charge in [-0.3, -0.25) is 14.3 Å². The first kappa shape index (κ1) is 21.8. The summed E-state index contributed by atoms with van der Waals surface area (Å²) in [5.41, 5.74) is -1.16. The number of hydrogen-bond donors (Lipinski definition) is 1. The topological polar surface area (TPSA) is 91.2 Å². The second kappa shape index (κ2) is 9.35. The third-order valence-corrected chi connectivity index (χ3v) is 4.92. The van der Waals surface area contributed by atoms with Gasteiger partial charge in [0.25, 0.3) is 5.91 Å². The van der Waals surface area contributed by atoms with Crippen LogP contribution in [0.3, 0.4) is 0 Å². The van der Waals surface area contributed by atoms with Crippen LogP contribution in [0.5, 0.6) is 5.75 Å². The summed E-state index contributed by atoms with van der Waals surface area (Å²) in [7, 11) is 0. The first-order chi connectivity index (χ1) is 15.4. The normalized spacial score (nSPS) is 14.8. The Hall–Kier alpha value is -3.47. The second-order valence-corrected chi connectivity index (χ2v) is 7.26. The number of rotatable bonds is 6. The number of carbonyl (C=O) groups is 1. The molecule has 0 radical (unpaired) electrons. The third kappa shape index (κ3) is 5.41. The Morgan fingerprint density at radius 1 is 1.22 bits per heavy atom. The number of carbonyl (C=O) groups excluding carboxylic acids is 1. The highest BCUT2D eigenvalue weighted by atomic mass is 19.4. The van der Waals surface area contributed by atoms with Gasteiger partial charge in [-0.25, -0.2) is 9.97 Å². The molecule has 32 heavy (non-hydrogen) atoms. The van der Waals surface area contributed by atoms with Crippen molar-refractivity contribution >= 4 is 11.6 Å². The van der Waals surface area contributed by atoms with Gasteiger partial charge in [0.1, 0.15) is 29.3 Å². The zero-order chi connectivity index (χ0) is 22.6. The van der Waals surface area contributed by atoms with Crippen LogP contribution in [0.2, 0.25) is 0 Å². The fourth-order valence-corrected chi connectivity index (χ4v) is 3.20. The van der Waals surface area contributed by atoms with Gasteiger partial charge in [0.05, 0.1) is 6.61 Å². The van der Waals surface area contributed by atoms with Gasteiger partial charge in [-0.15, -0.1) is 0 Å². The molecule has 4 rings (SSSR count). The molecule has 0 aromatic carbocycles. The summed E-state index contributed by atoms with van der Waals surface area (Å²) in [5, 5.41) is 2.44. The molecule has 1 amide bonds. The van der Waals surface area contributed by atoms with E-state index < -0.39 is 17.8 Å². The molecular formula is C21H20F3N5O3. The molecule has 168 valence electrons. The molecule has 1 fully saturated rings. The Labute approximate surface area is 181 Å². The number of alkyl halides is 3. The molecule has 1 saturated heterocycles. The highest BCUT2D eigenvalue weighted by Gasteiger charge is 2.32. The molecule has 0 aliphatic carbocycles. The van der Waals surface area contributed by atoms with Gasteiger partial charge in [-0.2, -0.15) is 13.2 Å². The second-order valence-electron chi connectivity index (χ2n) is 7.26. The number of imidazole rings is 1. The lowest BCUT2D eigenvalue weighted by Gasteiger charge is -2.22. The molecule has 0 atom stereocenters. The number of halogens is 3. The van der Waals surface area contributed by atoms with E-state index in [4.69, 9.17) is 9.47 Å². The van der Waals surface area contributed by atoms with Crippen LogP contribution < -0.4 is 10.1 Å². The van der Waals surface area contributed by atoms with E-state index in [1.165, 1.54) is 18.5 Å². The summed E-state index contributed by atoms with van der Waals surface area (Å²) in [4.78, 5) is 24.4. The van der Waals surface area contributed by atoms with Crippen molar-refractivity contribution in [3.8, 4) is 11.6 Å². The number of nitrogens with zero attached hydrogens (tertiary/aromatic N) is 4. The molecule has 1 N–H and O–H groups in total. The Kier molecular flexibility index (Phi) is 6.35. The highest BCUT2D eigenvalue weighted by molar-refractivity contribution is 6.03. The number of aromatic nitrogens is 4. The van der Waals surface area contributed by atoms with Crippen LogP contribution in [-0.4, -0.2) is 45.2 Å². The lowest BCUT2D eigenvalue weighted by Crippen LogP contribution is -2.22. The van der Waals surface area contributed by atoms with Gasteiger partial charge in [-0.1, -0.05) is 0 Å². The van der Waals surface area contributed by atoms with Gasteiger partial charge in [0.15, 0.2) is 0 Å². The minimum Gasteiger partial charge on any atom is -0.493 e. The molecule has 0 unspecified atom stereocenters. The van der Waals surface area contributed by atoms with Crippen LogP contribution in [0.15, 0.2) is 49.2 Å². The zero-order valence-corrected chi connectivity index (χ0v) is 16.9. The van der Waals surface area contributed by atoms with E-state index in [-0.39, 0.29) is 11.4 Å². The Morgan fingerprint density at radius 3 is 2.75 bits per heavy atom. The maximum absolute atomic E-state index is 12.9. The summed E-state index contributed by atoms with van der Waals surface area (Å²) in [6.07, 6.45) is 2.87. The summed E-state index contributed by atoms with van der Waals surface area (Å²) in [5.74, 6) is 0.472. The third-order valence-electron chi connectivity index (χ3n) is 4.92. The molecule has 0 saturated carbocycles. The van der Waals surface area contributed by atoms with Crippen molar-refractivity contribution < 1.29 is 27.4 Å². The van der Waals surface area contributed by atoms with Crippen LogP contribution in [-0.2, 0) is 10.9 Å². The van der Waals surface area contributed by atoms with Crippen molar-refractivity contribution in [2.45, 2.75) is 19.0 Å². The highest BCUT2D eigenvalue weighted by Crippen LogP contribution is 2.29.